The van der Waals surface area contributed by atoms with Crippen LogP contribution in [0.5, 0.6) is 5.75 Å². The van der Waals surface area contributed by atoms with Crippen LogP contribution in [0, 0.1) is 0 Å². The van der Waals surface area contributed by atoms with Gasteiger partial charge in [0.1, 0.15) is 5.75 Å². The maximum Gasteiger partial charge on any atom is 0.119 e. The summed E-state index contributed by atoms with van der Waals surface area (Å²) in [6.45, 7) is 1.61. The predicted octanol–water partition coefficient (Wildman–Crippen LogP) is 2.69. The molecule has 2 aromatic rings. The highest BCUT2D eigenvalue weighted by Crippen LogP contribution is 2.27. The Hall–Kier alpha value is -1.81. The van der Waals surface area contributed by atoms with E-state index in [2.05, 4.69) is 9.78 Å². The van der Waals surface area contributed by atoms with E-state index in [-0.39, 0.29) is 6.04 Å². The molecule has 3 rings (SSSR count). The molecule has 1 unspecified atom stereocenters. The molecule has 1 heterocycles. The molecule has 0 amide bonds. The number of benzene rings is 1. The second kappa shape index (κ2) is 6.09. The van der Waals surface area contributed by atoms with Crippen LogP contribution in [0.2, 0.25) is 0 Å². The van der Waals surface area contributed by atoms with Gasteiger partial charge in [-0.1, -0.05) is 18.2 Å². The van der Waals surface area contributed by atoms with Gasteiger partial charge in [0.2, 0.25) is 0 Å². The fourth-order valence-corrected chi connectivity index (χ4v) is 2.77. The molecule has 1 atom stereocenters. The molecule has 0 spiro atoms. The van der Waals surface area contributed by atoms with Crippen LogP contribution in [0.25, 0.3) is 0 Å². The third-order valence-electron chi connectivity index (χ3n) is 3.84. The highest BCUT2D eigenvalue weighted by molar-refractivity contribution is 5.24. The Morgan fingerprint density at radius 1 is 1.30 bits per heavy atom. The van der Waals surface area contributed by atoms with Crippen LogP contribution in [0.15, 0.2) is 36.5 Å². The van der Waals surface area contributed by atoms with E-state index in [1.165, 1.54) is 17.7 Å². The third kappa shape index (κ3) is 2.85. The molecule has 2 N–H and O–H groups in total. The molecular weight excluding hydrogens is 250 g/mol. The van der Waals surface area contributed by atoms with Gasteiger partial charge in [0.05, 0.1) is 12.8 Å². The van der Waals surface area contributed by atoms with Crippen LogP contribution in [0.3, 0.4) is 0 Å². The van der Waals surface area contributed by atoms with E-state index in [1.54, 1.807) is 0 Å². The van der Waals surface area contributed by atoms with Crippen molar-refractivity contribution < 1.29 is 4.74 Å². The first-order chi connectivity index (χ1) is 9.84. The number of nitrogens with zero attached hydrogens (tertiary/aromatic N) is 2. The third-order valence-corrected chi connectivity index (χ3v) is 3.84. The molecule has 20 heavy (non-hydrogen) atoms. The molecule has 1 aliphatic rings. The van der Waals surface area contributed by atoms with Crippen molar-refractivity contribution in [3.63, 3.8) is 0 Å². The minimum absolute atomic E-state index is 0.174. The monoisotopic (exact) mass is 271 g/mol. The van der Waals surface area contributed by atoms with Crippen molar-refractivity contribution in [3.8, 4) is 5.75 Å². The van der Waals surface area contributed by atoms with Gasteiger partial charge in [0.15, 0.2) is 0 Å². The van der Waals surface area contributed by atoms with E-state index in [4.69, 9.17) is 10.5 Å². The molecule has 0 fully saturated rings. The number of ether oxygens (including phenoxy) is 1. The van der Waals surface area contributed by atoms with E-state index < -0.39 is 0 Å². The summed E-state index contributed by atoms with van der Waals surface area (Å²) < 4.78 is 7.80. The molecular formula is C16H21N3O. The Bertz CT molecular complexity index is 550. The second-order valence-corrected chi connectivity index (χ2v) is 5.28. The van der Waals surface area contributed by atoms with Gasteiger partial charge in [-0.2, -0.15) is 5.10 Å². The maximum atomic E-state index is 6.11. The van der Waals surface area contributed by atoms with Crippen molar-refractivity contribution in [2.45, 2.75) is 38.3 Å². The maximum absolute atomic E-state index is 6.11. The van der Waals surface area contributed by atoms with Crippen molar-refractivity contribution in [1.29, 1.82) is 0 Å². The lowest BCUT2D eigenvalue weighted by Crippen LogP contribution is -2.18. The largest absolute Gasteiger partial charge is 0.494 e. The summed E-state index contributed by atoms with van der Waals surface area (Å²) in [7, 11) is 0. The molecule has 0 saturated carbocycles. The molecule has 0 aliphatic heterocycles. The number of fused-ring (bicyclic) bond motifs is 1. The molecule has 0 saturated heterocycles. The summed E-state index contributed by atoms with van der Waals surface area (Å²) in [4.78, 5) is 0. The number of aryl methyl sites for hydroxylation is 1. The van der Waals surface area contributed by atoms with Crippen molar-refractivity contribution in [1.82, 2.24) is 9.78 Å². The zero-order valence-corrected chi connectivity index (χ0v) is 11.7. The lowest BCUT2D eigenvalue weighted by Gasteiger charge is -2.19. The average Bonchev–Trinajstić information content (AvgIpc) is 2.90. The molecule has 4 heteroatoms. The Balaban J connectivity index is 1.52. The van der Waals surface area contributed by atoms with E-state index in [0.29, 0.717) is 6.61 Å². The van der Waals surface area contributed by atoms with Gasteiger partial charge >= 0.3 is 0 Å². The van der Waals surface area contributed by atoms with Crippen LogP contribution in [0.4, 0.5) is 0 Å². The van der Waals surface area contributed by atoms with E-state index in [1.807, 2.05) is 36.5 Å². The van der Waals surface area contributed by atoms with Gasteiger partial charge < -0.3 is 10.5 Å². The van der Waals surface area contributed by atoms with E-state index >= 15 is 0 Å². The summed E-state index contributed by atoms with van der Waals surface area (Å²) in [5.74, 6) is 0.928. The highest BCUT2D eigenvalue weighted by Gasteiger charge is 2.20. The van der Waals surface area contributed by atoms with Crippen LogP contribution in [-0.4, -0.2) is 16.4 Å². The number of hydrogen-bond donors (Lipinski definition) is 1. The van der Waals surface area contributed by atoms with Gasteiger partial charge in [-0.3, -0.25) is 4.68 Å². The van der Waals surface area contributed by atoms with Crippen molar-refractivity contribution in [2.75, 3.05) is 6.61 Å². The fourth-order valence-electron chi connectivity index (χ4n) is 2.77. The SMILES string of the molecule is NC1CCCc2c1cnn2CCCOc1ccccc1. The van der Waals surface area contributed by atoms with Crippen LogP contribution in [-0.2, 0) is 13.0 Å². The first-order valence-electron chi connectivity index (χ1n) is 7.32. The summed E-state index contributed by atoms with van der Waals surface area (Å²) in [6.07, 6.45) is 6.24. The lowest BCUT2D eigenvalue weighted by atomic mass is 9.94. The van der Waals surface area contributed by atoms with Gasteiger partial charge in [-0.05, 0) is 31.4 Å². The summed E-state index contributed by atoms with van der Waals surface area (Å²) in [5.41, 5.74) is 8.67. The summed E-state index contributed by atoms with van der Waals surface area (Å²) in [6, 6.07) is 10.1. The van der Waals surface area contributed by atoms with Crippen LogP contribution < -0.4 is 10.5 Å². The Morgan fingerprint density at radius 3 is 3.00 bits per heavy atom. The van der Waals surface area contributed by atoms with E-state index in [9.17, 15) is 0 Å². The lowest BCUT2D eigenvalue weighted by molar-refractivity contribution is 0.297. The number of nitrogens with two attached hydrogens (primary N) is 1. The first kappa shape index (κ1) is 13.2. The topological polar surface area (TPSA) is 53.1 Å². The van der Waals surface area contributed by atoms with Gasteiger partial charge in [0.25, 0.3) is 0 Å². The number of hydrogen-bond acceptors (Lipinski definition) is 3. The predicted molar refractivity (Wildman–Crippen MR) is 78.6 cm³/mol. The summed E-state index contributed by atoms with van der Waals surface area (Å²) >= 11 is 0. The van der Waals surface area contributed by atoms with Crippen molar-refractivity contribution in [3.05, 3.63) is 47.8 Å². The zero-order chi connectivity index (χ0) is 13.8. The average molecular weight is 271 g/mol. The normalized spacial score (nSPS) is 17.8. The Kier molecular flexibility index (Phi) is 4.02. The fraction of sp³-hybridized carbons (Fsp3) is 0.438. The van der Waals surface area contributed by atoms with Crippen LogP contribution in [0.1, 0.15) is 36.6 Å². The summed E-state index contributed by atoms with van der Waals surface area (Å²) in [5, 5.41) is 4.47. The van der Waals surface area contributed by atoms with Crippen molar-refractivity contribution >= 4 is 0 Å². The van der Waals surface area contributed by atoms with Crippen molar-refractivity contribution in [2.24, 2.45) is 5.73 Å². The second-order valence-electron chi connectivity index (χ2n) is 5.28. The molecule has 0 radical (unpaired) electrons. The quantitative estimate of drug-likeness (QED) is 0.851. The molecule has 1 aliphatic carbocycles. The standard InChI is InChI=1S/C16H21N3O/c17-15-8-4-9-16-14(15)12-18-19(16)10-5-11-20-13-6-2-1-3-7-13/h1-3,6-7,12,15H,4-5,8-11,17H2. The smallest absolute Gasteiger partial charge is 0.119 e. The molecule has 1 aromatic heterocycles. The van der Waals surface area contributed by atoms with Crippen LogP contribution >= 0.6 is 0 Å². The number of rotatable bonds is 5. The number of aromatic nitrogens is 2. The molecule has 106 valence electrons. The number of para-hydroxylation sites is 1. The van der Waals surface area contributed by atoms with E-state index in [0.717, 1.165) is 31.6 Å². The minimum atomic E-state index is 0.174. The Morgan fingerprint density at radius 2 is 2.15 bits per heavy atom. The zero-order valence-electron chi connectivity index (χ0n) is 11.7. The molecule has 1 aromatic carbocycles. The highest BCUT2D eigenvalue weighted by atomic mass is 16.5. The Labute approximate surface area is 119 Å². The first-order valence-corrected chi connectivity index (χ1v) is 7.32. The molecule has 4 nitrogen and oxygen atoms in total. The van der Waals surface area contributed by atoms with Gasteiger partial charge in [-0.15, -0.1) is 0 Å². The van der Waals surface area contributed by atoms with Gasteiger partial charge in [0, 0.05) is 30.3 Å². The minimum Gasteiger partial charge on any atom is -0.494 e. The molecule has 0 bridgehead atoms. The van der Waals surface area contributed by atoms with Gasteiger partial charge in [-0.25, -0.2) is 0 Å².